The summed E-state index contributed by atoms with van der Waals surface area (Å²) < 4.78 is 12.0. The molecule has 0 aromatic heterocycles. The molecule has 0 aromatic rings. The normalized spacial score (nSPS) is 17.6. The summed E-state index contributed by atoms with van der Waals surface area (Å²) in [7, 11) is -1.53. The molecule has 1 unspecified atom stereocenters. The lowest BCUT2D eigenvalue weighted by Gasteiger charge is -2.09. The molecule has 0 rings (SSSR count). The van der Waals surface area contributed by atoms with Gasteiger partial charge in [0.15, 0.2) is 0 Å². The van der Waals surface area contributed by atoms with Crippen molar-refractivity contribution in [3.8, 4) is 0 Å². The van der Waals surface area contributed by atoms with Gasteiger partial charge < -0.3 is 10.0 Å². The van der Waals surface area contributed by atoms with Crippen molar-refractivity contribution in [3.63, 3.8) is 0 Å². The maximum atomic E-state index is 12.0. The number of hydrogen-bond donors (Lipinski definition) is 2. The molecular weight excluding hydrogens is 110 g/mol. The topological polar surface area (TPSA) is 40.5 Å². The Morgan fingerprint density at radius 1 is 1.38 bits per heavy atom. The summed E-state index contributed by atoms with van der Waals surface area (Å²) in [4.78, 5) is 0. The first kappa shape index (κ1) is 7.91. The lowest BCUT2D eigenvalue weighted by atomic mass is 9.72. The highest BCUT2D eigenvalue weighted by Crippen LogP contribution is 2.13. The van der Waals surface area contributed by atoms with Gasteiger partial charge in [0.1, 0.15) is 0 Å². The van der Waals surface area contributed by atoms with Crippen LogP contribution < -0.4 is 0 Å². The van der Waals surface area contributed by atoms with Crippen molar-refractivity contribution < 1.29 is 14.4 Å². The molecular formula is C4H10BFO2. The summed E-state index contributed by atoms with van der Waals surface area (Å²) in [5.41, 5.74) is 0. The van der Waals surface area contributed by atoms with E-state index in [1.807, 2.05) is 0 Å². The predicted molar refractivity (Wildman–Crippen MR) is 30.2 cm³/mol. The molecule has 2 nitrogen and oxygen atoms in total. The Bertz CT molecular complexity index is 59.1. The Kier molecular flexibility index (Phi) is 3.01. The van der Waals surface area contributed by atoms with Gasteiger partial charge in [-0.3, -0.25) is 0 Å². The third kappa shape index (κ3) is 2.28. The van der Waals surface area contributed by atoms with Crippen molar-refractivity contribution in [2.75, 3.05) is 0 Å². The monoisotopic (exact) mass is 120 g/mol. The number of rotatable bonds is 2. The fraction of sp³-hybridized carbons (Fsp3) is 1.00. The zero-order valence-corrected chi connectivity index (χ0v) is 5.00. The minimum absolute atomic E-state index is 0.685. The molecule has 0 saturated heterocycles. The van der Waals surface area contributed by atoms with Crippen LogP contribution in [0.25, 0.3) is 0 Å². The molecule has 2 N–H and O–H groups in total. The van der Waals surface area contributed by atoms with Gasteiger partial charge in [-0.15, -0.1) is 0 Å². The Labute approximate surface area is 48.5 Å². The van der Waals surface area contributed by atoms with E-state index < -0.39 is 19.1 Å². The van der Waals surface area contributed by atoms with Crippen LogP contribution in [-0.4, -0.2) is 23.3 Å². The zero-order valence-electron chi connectivity index (χ0n) is 5.00. The first-order chi connectivity index (χ1) is 3.55. The quantitative estimate of drug-likeness (QED) is 0.511. The minimum Gasteiger partial charge on any atom is -0.427 e. The second-order valence-corrected chi connectivity index (χ2v) is 1.95. The SMILES string of the molecule is CC(B(O)O)[C@H](C)F. The largest absolute Gasteiger partial charge is 0.457 e. The maximum absolute atomic E-state index is 12.0. The Hall–Kier alpha value is -0.0851. The minimum atomic E-state index is -1.53. The smallest absolute Gasteiger partial charge is 0.427 e. The van der Waals surface area contributed by atoms with Crippen LogP contribution in [0.1, 0.15) is 13.8 Å². The molecule has 0 radical (unpaired) electrons. The van der Waals surface area contributed by atoms with Gasteiger partial charge in [0, 0.05) is 5.82 Å². The van der Waals surface area contributed by atoms with E-state index in [0.717, 1.165) is 0 Å². The van der Waals surface area contributed by atoms with E-state index in [1.54, 1.807) is 0 Å². The molecule has 8 heavy (non-hydrogen) atoms. The van der Waals surface area contributed by atoms with Gasteiger partial charge in [0.25, 0.3) is 0 Å². The van der Waals surface area contributed by atoms with Crippen LogP contribution >= 0.6 is 0 Å². The third-order valence-corrected chi connectivity index (χ3v) is 1.19. The van der Waals surface area contributed by atoms with E-state index in [-0.39, 0.29) is 0 Å². The molecule has 0 saturated carbocycles. The molecule has 0 aliphatic rings. The van der Waals surface area contributed by atoms with Crippen molar-refractivity contribution >= 4 is 7.12 Å². The molecule has 0 heterocycles. The number of alkyl halides is 1. The second-order valence-electron chi connectivity index (χ2n) is 1.95. The van der Waals surface area contributed by atoms with Crippen LogP contribution in [-0.2, 0) is 0 Å². The van der Waals surface area contributed by atoms with E-state index in [4.69, 9.17) is 10.0 Å². The average molecular weight is 120 g/mol. The van der Waals surface area contributed by atoms with E-state index in [2.05, 4.69) is 0 Å². The first-order valence-electron chi connectivity index (χ1n) is 2.56. The fourth-order valence-electron chi connectivity index (χ4n) is 0.237. The summed E-state index contributed by atoms with van der Waals surface area (Å²) in [6, 6.07) is 0. The summed E-state index contributed by atoms with van der Waals surface area (Å²) in [6.07, 6.45) is -1.16. The van der Waals surface area contributed by atoms with Gasteiger partial charge in [-0.05, 0) is 6.92 Å². The molecule has 0 fully saturated rings. The van der Waals surface area contributed by atoms with E-state index in [9.17, 15) is 4.39 Å². The van der Waals surface area contributed by atoms with Crippen molar-refractivity contribution in [1.82, 2.24) is 0 Å². The molecule has 0 aromatic carbocycles. The van der Waals surface area contributed by atoms with Crippen LogP contribution in [0.4, 0.5) is 4.39 Å². The fourth-order valence-corrected chi connectivity index (χ4v) is 0.237. The Morgan fingerprint density at radius 3 is 1.75 bits per heavy atom. The lowest BCUT2D eigenvalue weighted by Crippen LogP contribution is -2.23. The van der Waals surface area contributed by atoms with Crippen LogP contribution in [0.15, 0.2) is 0 Å². The standard InChI is InChI=1S/C4H10BFO2/c1-3(4(2)6)5(7)8/h3-4,7-8H,1-2H3/t3?,4-/m0/s1. The van der Waals surface area contributed by atoms with Crippen LogP contribution in [0, 0.1) is 0 Å². The maximum Gasteiger partial charge on any atom is 0.457 e. The molecule has 4 heteroatoms. The molecule has 0 aliphatic carbocycles. The second kappa shape index (κ2) is 3.04. The van der Waals surface area contributed by atoms with Gasteiger partial charge >= 0.3 is 7.12 Å². The summed E-state index contributed by atoms with van der Waals surface area (Å²) >= 11 is 0. The van der Waals surface area contributed by atoms with Crippen molar-refractivity contribution in [2.24, 2.45) is 0 Å². The summed E-state index contributed by atoms with van der Waals surface area (Å²) in [6.45, 7) is 2.74. The van der Waals surface area contributed by atoms with Crippen LogP contribution in [0.3, 0.4) is 0 Å². The molecule has 0 amide bonds. The molecule has 2 atom stereocenters. The third-order valence-electron chi connectivity index (χ3n) is 1.19. The number of hydrogen-bond acceptors (Lipinski definition) is 2. The van der Waals surface area contributed by atoms with Gasteiger partial charge in [-0.25, -0.2) is 4.39 Å². The summed E-state index contributed by atoms with van der Waals surface area (Å²) in [5, 5.41) is 16.6. The van der Waals surface area contributed by atoms with E-state index in [0.29, 0.717) is 0 Å². The van der Waals surface area contributed by atoms with Crippen LogP contribution in [0.5, 0.6) is 0 Å². The molecule has 0 aliphatic heterocycles. The van der Waals surface area contributed by atoms with Crippen molar-refractivity contribution in [3.05, 3.63) is 0 Å². The van der Waals surface area contributed by atoms with Gasteiger partial charge in [-0.1, -0.05) is 6.92 Å². The van der Waals surface area contributed by atoms with Crippen LogP contribution in [0.2, 0.25) is 5.82 Å². The van der Waals surface area contributed by atoms with E-state index in [1.165, 1.54) is 13.8 Å². The van der Waals surface area contributed by atoms with Crippen molar-refractivity contribution in [1.29, 1.82) is 0 Å². The molecule has 48 valence electrons. The molecule has 0 bridgehead atoms. The Morgan fingerprint density at radius 2 is 1.75 bits per heavy atom. The highest BCUT2D eigenvalue weighted by molar-refractivity contribution is 6.43. The molecule has 0 spiro atoms. The predicted octanol–water partition coefficient (Wildman–Crippen LogP) is 0.207. The number of halogens is 1. The van der Waals surface area contributed by atoms with Gasteiger partial charge in [0.2, 0.25) is 0 Å². The first-order valence-corrected chi connectivity index (χ1v) is 2.56. The lowest BCUT2D eigenvalue weighted by molar-refractivity contribution is 0.299. The van der Waals surface area contributed by atoms with Crippen molar-refractivity contribution in [2.45, 2.75) is 25.8 Å². The summed E-state index contributed by atoms with van der Waals surface area (Å²) in [5.74, 6) is -0.685. The van der Waals surface area contributed by atoms with E-state index >= 15 is 0 Å². The average Bonchev–Trinajstić information content (AvgIpc) is 1.64. The van der Waals surface area contributed by atoms with Gasteiger partial charge in [0.05, 0.1) is 6.17 Å². The highest BCUT2D eigenvalue weighted by Gasteiger charge is 2.23. The Balaban J connectivity index is 3.46. The highest BCUT2D eigenvalue weighted by atomic mass is 19.1. The zero-order chi connectivity index (χ0) is 6.73. The van der Waals surface area contributed by atoms with Gasteiger partial charge in [-0.2, -0.15) is 0 Å².